The van der Waals surface area contributed by atoms with Gasteiger partial charge in [-0.3, -0.25) is 19.6 Å². The molecule has 13 heteroatoms. The molecule has 0 aliphatic carbocycles. The first-order chi connectivity index (χ1) is 15.8. The number of fused-ring (bicyclic) bond motifs is 3. The van der Waals surface area contributed by atoms with Gasteiger partial charge in [0, 0.05) is 28.7 Å². The molecule has 0 aliphatic heterocycles. The summed E-state index contributed by atoms with van der Waals surface area (Å²) in [6.45, 7) is 0. The number of aliphatic hydroxyl groups is 1. The summed E-state index contributed by atoms with van der Waals surface area (Å²) >= 11 is 0. The summed E-state index contributed by atoms with van der Waals surface area (Å²) in [5.41, 5.74) is -3.69. The standard InChI is InChI=1S/C21H16F6N2O5/c1-33-18(31)13(19(32)34-2)6-9-8-29-15-10-4-3-5-28-16(10)12(17(30)21(25,26)27)7-11(15)14(9)20(22,23)24/h3-5,7-8,13,17,30H,6H2,1-2H3. The van der Waals surface area contributed by atoms with E-state index in [0.29, 0.717) is 6.07 Å². The third-order valence-corrected chi connectivity index (χ3v) is 5.11. The number of carbonyl (C=O) groups excluding carboxylic acids is 2. The van der Waals surface area contributed by atoms with Crippen molar-refractivity contribution in [1.82, 2.24) is 9.97 Å². The molecule has 0 saturated heterocycles. The van der Waals surface area contributed by atoms with Gasteiger partial charge in [-0.2, -0.15) is 26.3 Å². The SMILES string of the molecule is COC(=O)C(Cc1cnc2c(cc(C(O)C(F)(F)F)c3ncccc32)c1C(F)(F)F)C(=O)OC. The van der Waals surface area contributed by atoms with Crippen molar-refractivity contribution in [2.75, 3.05) is 14.2 Å². The van der Waals surface area contributed by atoms with Gasteiger partial charge in [0.15, 0.2) is 12.0 Å². The molecule has 0 saturated carbocycles. The van der Waals surface area contributed by atoms with Gasteiger partial charge in [-0.1, -0.05) is 0 Å². The van der Waals surface area contributed by atoms with E-state index in [2.05, 4.69) is 19.4 Å². The number of carbonyl (C=O) groups is 2. The molecule has 34 heavy (non-hydrogen) atoms. The molecule has 2 aromatic heterocycles. The second-order valence-electron chi connectivity index (χ2n) is 7.16. The number of halogens is 6. The smallest absolute Gasteiger partial charge is 0.418 e. The predicted octanol–water partition coefficient (Wildman–Crippen LogP) is 3.90. The lowest BCUT2D eigenvalue weighted by Crippen LogP contribution is -2.29. The van der Waals surface area contributed by atoms with Crippen LogP contribution in [0, 0.1) is 5.92 Å². The van der Waals surface area contributed by atoms with Gasteiger partial charge in [-0.25, -0.2) is 0 Å². The van der Waals surface area contributed by atoms with Gasteiger partial charge in [0.25, 0.3) is 0 Å². The van der Waals surface area contributed by atoms with Crippen molar-refractivity contribution in [3.8, 4) is 0 Å². The summed E-state index contributed by atoms with van der Waals surface area (Å²) in [5.74, 6) is -4.12. The molecule has 1 N–H and O–H groups in total. The predicted molar refractivity (Wildman–Crippen MR) is 104 cm³/mol. The van der Waals surface area contributed by atoms with Crippen LogP contribution in [0.15, 0.2) is 30.6 Å². The van der Waals surface area contributed by atoms with E-state index >= 15 is 0 Å². The van der Waals surface area contributed by atoms with Gasteiger partial charge in [0.1, 0.15) is 0 Å². The normalized spacial score (nSPS) is 13.4. The third-order valence-electron chi connectivity index (χ3n) is 5.11. The fraction of sp³-hybridized carbons (Fsp3) is 0.333. The summed E-state index contributed by atoms with van der Waals surface area (Å²) in [5, 5.41) is 8.92. The zero-order valence-electron chi connectivity index (χ0n) is 17.5. The molecule has 3 rings (SSSR count). The number of ether oxygens (including phenoxy) is 2. The molecule has 1 unspecified atom stereocenters. The number of hydrogen-bond acceptors (Lipinski definition) is 7. The molecule has 0 spiro atoms. The van der Waals surface area contributed by atoms with E-state index in [9.17, 15) is 41.0 Å². The number of aromatic nitrogens is 2. The number of nitrogens with zero attached hydrogens (tertiary/aromatic N) is 2. The Morgan fingerprint density at radius 3 is 2.15 bits per heavy atom. The summed E-state index contributed by atoms with van der Waals surface area (Å²) in [4.78, 5) is 31.7. The van der Waals surface area contributed by atoms with Gasteiger partial charge in [0.2, 0.25) is 0 Å². The van der Waals surface area contributed by atoms with E-state index in [1.165, 1.54) is 12.1 Å². The van der Waals surface area contributed by atoms with Crippen LogP contribution in [0.4, 0.5) is 26.3 Å². The largest absolute Gasteiger partial charge is 0.468 e. The van der Waals surface area contributed by atoms with Crippen LogP contribution in [0.2, 0.25) is 0 Å². The van der Waals surface area contributed by atoms with Gasteiger partial charge in [-0.05, 0) is 30.2 Å². The minimum atomic E-state index is -5.19. The Kier molecular flexibility index (Phi) is 6.69. The van der Waals surface area contributed by atoms with E-state index < -0.39 is 64.8 Å². The molecule has 0 aliphatic rings. The molecule has 3 aromatic rings. The summed E-state index contributed by atoms with van der Waals surface area (Å²) < 4.78 is 91.4. The van der Waals surface area contributed by atoms with Crippen molar-refractivity contribution >= 4 is 33.7 Å². The van der Waals surface area contributed by atoms with E-state index in [4.69, 9.17) is 0 Å². The van der Waals surface area contributed by atoms with E-state index in [1.54, 1.807) is 0 Å². The maximum atomic E-state index is 14.2. The quantitative estimate of drug-likeness (QED) is 0.251. The van der Waals surface area contributed by atoms with Crippen molar-refractivity contribution in [1.29, 1.82) is 0 Å². The first-order valence-corrected chi connectivity index (χ1v) is 9.48. The number of benzene rings is 1. The Bertz CT molecular complexity index is 1240. The van der Waals surface area contributed by atoms with Crippen LogP contribution in [-0.4, -0.2) is 47.4 Å². The lowest BCUT2D eigenvalue weighted by atomic mass is 9.91. The Morgan fingerprint density at radius 1 is 1.00 bits per heavy atom. The van der Waals surface area contributed by atoms with E-state index in [-0.39, 0.29) is 16.4 Å². The fourth-order valence-corrected chi connectivity index (χ4v) is 3.61. The van der Waals surface area contributed by atoms with E-state index in [0.717, 1.165) is 26.6 Å². The maximum absolute atomic E-state index is 14.2. The molecule has 182 valence electrons. The highest BCUT2D eigenvalue weighted by atomic mass is 19.4. The molecular weight excluding hydrogens is 474 g/mol. The molecule has 1 aromatic carbocycles. The van der Waals surface area contributed by atoms with E-state index in [1.807, 2.05) is 0 Å². The fourth-order valence-electron chi connectivity index (χ4n) is 3.61. The second-order valence-corrected chi connectivity index (χ2v) is 7.16. The van der Waals surface area contributed by atoms with Crippen LogP contribution in [0.1, 0.15) is 22.8 Å². The molecule has 0 radical (unpaired) electrons. The monoisotopic (exact) mass is 490 g/mol. The average molecular weight is 490 g/mol. The number of hydrogen-bond donors (Lipinski definition) is 1. The number of aliphatic hydroxyl groups excluding tert-OH is 1. The highest BCUT2D eigenvalue weighted by Crippen LogP contribution is 2.43. The van der Waals surface area contributed by atoms with Crippen molar-refractivity contribution in [3.63, 3.8) is 0 Å². The van der Waals surface area contributed by atoms with Crippen LogP contribution in [0.25, 0.3) is 21.8 Å². The highest BCUT2D eigenvalue weighted by Gasteiger charge is 2.43. The molecular formula is C21H16F6N2O5. The molecule has 1 atom stereocenters. The van der Waals surface area contributed by atoms with Gasteiger partial charge >= 0.3 is 24.3 Å². The number of alkyl halides is 6. The minimum Gasteiger partial charge on any atom is -0.468 e. The van der Waals surface area contributed by atoms with Crippen LogP contribution >= 0.6 is 0 Å². The number of methoxy groups -OCH3 is 2. The lowest BCUT2D eigenvalue weighted by Gasteiger charge is -2.21. The minimum absolute atomic E-state index is 0.159. The van der Waals surface area contributed by atoms with Gasteiger partial charge in [-0.15, -0.1) is 0 Å². The summed E-state index contributed by atoms with van der Waals surface area (Å²) in [6.07, 6.45) is -12.4. The number of rotatable bonds is 5. The van der Waals surface area contributed by atoms with Crippen molar-refractivity contribution in [2.24, 2.45) is 5.92 Å². The first kappa shape index (κ1) is 25.1. The number of esters is 2. The summed E-state index contributed by atoms with van der Waals surface area (Å²) in [6, 6.07) is 3.03. The maximum Gasteiger partial charge on any atom is 0.418 e. The zero-order chi connectivity index (χ0) is 25.4. The molecule has 7 nitrogen and oxygen atoms in total. The van der Waals surface area contributed by atoms with Crippen LogP contribution in [0.5, 0.6) is 0 Å². The van der Waals surface area contributed by atoms with Gasteiger partial charge < -0.3 is 14.6 Å². The Balaban J connectivity index is 2.39. The third kappa shape index (κ3) is 4.60. The summed E-state index contributed by atoms with van der Waals surface area (Å²) in [7, 11) is 1.84. The number of pyridine rings is 2. The highest BCUT2D eigenvalue weighted by molar-refractivity contribution is 6.07. The molecule has 0 bridgehead atoms. The first-order valence-electron chi connectivity index (χ1n) is 9.48. The van der Waals surface area contributed by atoms with Crippen LogP contribution in [0.3, 0.4) is 0 Å². The zero-order valence-corrected chi connectivity index (χ0v) is 17.5. The van der Waals surface area contributed by atoms with Crippen molar-refractivity contribution in [3.05, 3.63) is 47.3 Å². The molecule has 2 heterocycles. The van der Waals surface area contributed by atoms with Crippen molar-refractivity contribution < 1.29 is 50.5 Å². The second kappa shape index (κ2) is 9.05. The Labute approximate surface area is 187 Å². The topological polar surface area (TPSA) is 98.6 Å². The molecule has 0 amide bonds. The Morgan fingerprint density at radius 2 is 1.62 bits per heavy atom. The molecule has 0 fully saturated rings. The lowest BCUT2D eigenvalue weighted by molar-refractivity contribution is -0.206. The van der Waals surface area contributed by atoms with Crippen LogP contribution < -0.4 is 0 Å². The Hall–Kier alpha value is -3.48. The van der Waals surface area contributed by atoms with Crippen molar-refractivity contribution in [2.45, 2.75) is 24.9 Å². The average Bonchev–Trinajstić information content (AvgIpc) is 2.78. The van der Waals surface area contributed by atoms with Crippen LogP contribution in [-0.2, 0) is 31.7 Å². The van der Waals surface area contributed by atoms with Gasteiger partial charge in [0.05, 0.1) is 30.8 Å².